The number of carbonyl (C=O) groups is 1. The number of sulfone groups is 1. The Kier molecular flexibility index (Phi) is 6.92. The third kappa shape index (κ3) is 5.77. The van der Waals surface area contributed by atoms with E-state index in [-0.39, 0.29) is 23.0 Å². The van der Waals surface area contributed by atoms with Gasteiger partial charge >= 0.3 is 0 Å². The lowest BCUT2D eigenvalue weighted by Crippen LogP contribution is -2.23. The van der Waals surface area contributed by atoms with Crippen molar-refractivity contribution in [2.75, 3.05) is 6.26 Å². The molecule has 0 aliphatic rings. The minimum atomic E-state index is -3.26. The van der Waals surface area contributed by atoms with Crippen LogP contribution in [-0.4, -0.2) is 45.8 Å². The fourth-order valence-electron chi connectivity index (χ4n) is 3.05. The highest BCUT2D eigenvalue weighted by Crippen LogP contribution is 2.22. The third-order valence-electron chi connectivity index (χ3n) is 4.82. The van der Waals surface area contributed by atoms with E-state index in [1.54, 1.807) is 42.5 Å². The van der Waals surface area contributed by atoms with Crippen molar-refractivity contribution in [1.29, 1.82) is 0 Å². The number of halogens is 2. The number of tetrazole rings is 1. The standard InChI is InChI=1S/C22H18Cl2N6O3S/c1-34(32,33)17-5-2-14(3-6-17)13-30-28-21(27-29-30)16-8-9-25-20(11-16)22(31)26-12-15-4-7-18(23)19(24)10-15/h2-11H,12-13H2,1H3,(H,26,31). The van der Waals surface area contributed by atoms with Gasteiger partial charge in [-0.3, -0.25) is 9.78 Å². The van der Waals surface area contributed by atoms with Gasteiger partial charge < -0.3 is 5.32 Å². The number of nitrogens with one attached hydrogen (secondary N) is 1. The van der Waals surface area contributed by atoms with Gasteiger partial charge in [-0.15, -0.1) is 10.2 Å². The second kappa shape index (κ2) is 9.88. The van der Waals surface area contributed by atoms with E-state index < -0.39 is 9.84 Å². The molecule has 1 N–H and O–H groups in total. The lowest BCUT2D eigenvalue weighted by Gasteiger charge is -2.06. The van der Waals surface area contributed by atoms with Crippen molar-refractivity contribution in [3.05, 3.63) is 87.7 Å². The quantitative estimate of drug-likeness (QED) is 0.399. The van der Waals surface area contributed by atoms with Crippen molar-refractivity contribution in [3.63, 3.8) is 0 Å². The number of amides is 1. The van der Waals surface area contributed by atoms with E-state index in [1.807, 2.05) is 0 Å². The van der Waals surface area contributed by atoms with Crippen molar-refractivity contribution in [1.82, 2.24) is 30.5 Å². The molecule has 0 unspecified atom stereocenters. The van der Waals surface area contributed by atoms with Crippen molar-refractivity contribution in [3.8, 4) is 11.4 Å². The summed E-state index contributed by atoms with van der Waals surface area (Å²) in [6.07, 6.45) is 2.65. The molecule has 4 rings (SSSR count). The molecule has 0 spiro atoms. The van der Waals surface area contributed by atoms with Crippen LogP contribution >= 0.6 is 23.2 Å². The number of aromatic nitrogens is 5. The smallest absolute Gasteiger partial charge is 0.270 e. The second-order valence-corrected chi connectivity index (χ2v) is 10.3. The molecular weight excluding hydrogens is 499 g/mol. The third-order valence-corrected chi connectivity index (χ3v) is 6.68. The summed E-state index contributed by atoms with van der Waals surface area (Å²) < 4.78 is 23.2. The minimum Gasteiger partial charge on any atom is -0.347 e. The van der Waals surface area contributed by atoms with Gasteiger partial charge in [-0.1, -0.05) is 41.4 Å². The molecule has 34 heavy (non-hydrogen) atoms. The SMILES string of the molecule is CS(=O)(=O)c1ccc(Cn2nnc(-c3ccnc(C(=O)NCc4ccc(Cl)c(Cl)c4)c3)n2)cc1. The number of nitrogens with zero attached hydrogens (tertiary/aromatic N) is 5. The van der Waals surface area contributed by atoms with Gasteiger partial charge in [0.15, 0.2) is 9.84 Å². The molecule has 2 heterocycles. The van der Waals surface area contributed by atoms with Crippen LogP contribution in [0.4, 0.5) is 0 Å². The molecule has 12 heteroatoms. The highest BCUT2D eigenvalue weighted by molar-refractivity contribution is 7.90. The summed E-state index contributed by atoms with van der Waals surface area (Å²) in [7, 11) is -3.26. The van der Waals surface area contributed by atoms with Crippen molar-refractivity contribution >= 4 is 38.9 Å². The summed E-state index contributed by atoms with van der Waals surface area (Å²) in [6.45, 7) is 0.563. The normalized spacial score (nSPS) is 11.4. The molecule has 0 radical (unpaired) electrons. The second-order valence-electron chi connectivity index (χ2n) is 7.42. The van der Waals surface area contributed by atoms with Crippen LogP contribution in [0.5, 0.6) is 0 Å². The summed E-state index contributed by atoms with van der Waals surface area (Å²) in [4.78, 5) is 18.3. The van der Waals surface area contributed by atoms with Crippen LogP contribution in [0.15, 0.2) is 65.7 Å². The Morgan fingerprint density at radius 2 is 1.74 bits per heavy atom. The summed E-state index contributed by atoms with van der Waals surface area (Å²) in [5.74, 6) is -0.0417. The molecule has 0 bridgehead atoms. The van der Waals surface area contributed by atoms with E-state index in [4.69, 9.17) is 23.2 Å². The molecule has 9 nitrogen and oxygen atoms in total. The lowest BCUT2D eigenvalue weighted by atomic mass is 10.2. The van der Waals surface area contributed by atoms with Crippen molar-refractivity contribution in [2.24, 2.45) is 0 Å². The lowest BCUT2D eigenvalue weighted by molar-refractivity contribution is 0.0946. The average Bonchev–Trinajstić information content (AvgIpc) is 3.28. The molecule has 0 atom stereocenters. The Bertz CT molecular complexity index is 1460. The van der Waals surface area contributed by atoms with E-state index >= 15 is 0 Å². The van der Waals surface area contributed by atoms with Gasteiger partial charge in [0, 0.05) is 24.6 Å². The molecule has 0 aliphatic carbocycles. The number of pyridine rings is 1. The van der Waals surface area contributed by atoms with Crippen LogP contribution in [-0.2, 0) is 22.9 Å². The highest BCUT2D eigenvalue weighted by Gasteiger charge is 2.13. The Hall–Kier alpha value is -3.34. The van der Waals surface area contributed by atoms with Gasteiger partial charge in [0.1, 0.15) is 5.69 Å². The van der Waals surface area contributed by atoms with Crippen LogP contribution in [0.25, 0.3) is 11.4 Å². The van der Waals surface area contributed by atoms with Crippen LogP contribution in [0.1, 0.15) is 21.6 Å². The predicted octanol–water partition coefficient (Wildman–Crippen LogP) is 3.42. The predicted molar refractivity (Wildman–Crippen MR) is 127 cm³/mol. The van der Waals surface area contributed by atoms with E-state index in [1.165, 1.54) is 23.1 Å². The summed E-state index contributed by atoms with van der Waals surface area (Å²) in [5, 5.41) is 16.1. The van der Waals surface area contributed by atoms with Gasteiger partial charge in [-0.25, -0.2) is 8.42 Å². The maximum Gasteiger partial charge on any atom is 0.270 e. The largest absolute Gasteiger partial charge is 0.347 e. The van der Waals surface area contributed by atoms with Crippen LogP contribution in [0.3, 0.4) is 0 Å². The van der Waals surface area contributed by atoms with E-state index in [9.17, 15) is 13.2 Å². The van der Waals surface area contributed by atoms with Crippen LogP contribution < -0.4 is 5.32 Å². The van der Waals surface area contributed by atoms with Crippen molar-refractivity contribution in [2.45, 2.75) is 18.0 Å². The van der Waals surface area contributed by atoms with Gasteiger partial charge in [-0.05, 0) is 52.7 Å². The topological polar surface area (TPSA) is 120 Å². The van der Waals surface area contributed by atoms with E-state index in [0.29, 0.717) is 28.0 Å². The number of hydrogen-bond acceptors (Lipinski definition) is 7. The summed E-state index contributed by atoms with van der Waals surface area (Å²) >= 11 is 11.9. The van der Waals surface area contributed by atoms with Crippen molar-refractivity contribution < 1.29 is 13.2 Å². The Morgan fingerprint density at radius 3 is 2.44 bits per heavy atom. The first-order chi connectivity index (χ1) is 16.2. The molecule has 0 saturated heterocycles. The van der Waals surface area contributed by atoms with Gasteiger partial charge in [-0.2, -0.15) is 4.80 Å². The number of carbonyl (C=O) groups excluding carboxylic acids is 1. The summed E-state index contributed by atoms with van der Waals surface area (Å²) in [5.41, 5.74) is 2.39. The minimum absolute atomic E-state index is 0.199. The average molecular weight is 517 g/mol. The maximum absolute atomic E-state index is 12.6. The Morgan fingerprint density at radius 1 is 1.00 bits per heavy atom. The molecule has 2 aromatic carbocycles. The molecule has 174 valence electrons. The zero-order valence-electron chi connectivity index (χ0n) is 17.8. The van der Waals surface area contributed by atoms with Gasteiger partial charge in [0.05, 0.1) is 21.5 Å². The Balaban J connectivity index is 1.43. The number of benzene rings is 2. The highest BCUT2D eigenvalue weighted by atomic mass is 35.5. The molecule has 4 aromatic rings. The van der Waals surface area contributed by atoms with Crippen LogP contribution in [0.2, 0.25) is 10.0 Å². The monoisotopic (exact) mass is 516 g/mol. The molecule has 0 saturated carbocycles. The zero-order valence-corrected chi connectivity index (χ0v) is 20.1. The Labute approximate surface area is 205 Å². The molecule has 0 aliphatic heterocycles. The summed E-state index contributed by atoms with van der Waals surface area (Å²) in [6, 6.07) is 14.8. The molecule has 0 fully saturated rings. The van der Waals surface area contributed by atoms with E-state index in [0.717, 1.165) is 17.4 Å². The maximum atomic E-state index is 12.6. The molecule has 1 amide bonds. The number of rotatable bonds is 7. The number of hydrogen-bond donors (Lipinski definition) is 1. The fraction of sp³-hybridized carbons (Fsp3) is 0.136. The molecular formula is C22H18Cl2N6O3S. The van der Waals surface area contributed by atoms with Gasteiger partial charge in [0.25, 0.3) is 5.91 Å². The van der Waals surface area contributed by atoms with Gasteiger partial charge in [0.2, 0.25) is 5.82 Å². The first-order valence-corrected chi connectivity index (χ1v) is 12.6. The first-order valence-electron chi connectivity index (χ1n) is 9.94. The van der Waals surface area contributed by atoms with Crippen LogP contribution in [0, 0.1) is 0 Å². The molecule has 2 aromatic heterocycles. The first kappa shape index (κ1) is 23.8. The fourth-order valence-corrected chi connectivity index (χ4v) is 4.00. The zero-order chi connectivity index (χ0) is 24.3. The van der Waals surface area contributed by atoms with E-state index in [2.05, 4.69) is 25.7 Å².